The monoisotopic (exact) mass is 456 g/mol. The molecule has 0 bridgehead atoms. The Morgan fingerprint density at radius 1 is 0.906 bits per heavy atom. The van der Waals surface area contributed by atoms with Gasteiger partial charge in [0.05, 0.1) is 11.9 Å². The van der Waals surface area contributed by atoms with E-state index in [1.165, 1.54) is 107 Å². The molecule has 176 valence electrons. The Morgan fingerprint density at radius 3 is 2.47 bits per heavy atom. The summed E-state index contributed by atoms with van der Waals surface area (Å²) in [5.74, 6) is 2.10. The van der Waals surface area contributed by atoms with Crippen LogP contribution in [0.5, 0.6) is 0 Å². The molecule has 0 aromatic carbocycles. The van der Waals surface area contributed by atoms with Gasteiger partial charge in [0.2, 0.25) is 0 Å². The van der Waals surface area contributed by atoms with E-state index < -0.39 is 0 Å². The lowest BCUT2D eigenvalue weighted by molar-refractivity contribution is 0.110. The van der Waals surface area contributed by atoms with Gasteiger partial charge in [0, 0.05) is 43.6 Å². The largest absolute Gasteiger partial charge is 0.368 e. The third kappa shape index (κ3) is 4.96. The smallest absolute Gasteiger partial charge is 0.146 e. The van der Waals surface area contributed by atoms with Crippen LogP contribution in [0.1, 0.15) is 62.2 Å². The molecular weight excluding hydrogens is 416 g/mol. The minimum absolute atomic E-state index is 0.513. The van der Waals surface area contributed by atoms with Crippen LogP contribution < -0.4 is 5.32 Å². The Labute approximate surface area is 197 Å². The highest BCUT2D eigenvalue weighted by Gasteiger charge is 2.24. The number of hydrogen-bond acceptors (Lipinski definition) is 7. The summed E-state index contributed by atoms with van der Waals surface area (Å²) in [6, 6.07) is 0.513. The number of likely N-dealkylation sites (tertiary alicyclic amines) is 1. The summed E-state index contributed by atoms with van der Waals surface area (Å²) in [5, 5.41) is 5.13. The van der Waals surface area contributed by atoms with E-state index in [1.54, 1.807) is 4.88 Å². The van der Waals surface area contributed by atoms with Gasteiger partial charge in [0.15, 0.2) is 0 Å². The van der Waals surface area contributed by atoms with Crippen molar-refractivity contribution in [3.05, 3.63) is 16.3 Å². The summed E-state index contributed by atoms with van der Waals surface area (Å²) in [4.78, 5) is 20.7. The van der Waals surface area contributed by atoms with Crippen LogP contribution in [-0.2, 0) is 19.4 Å². The minimum Gasteiger partial charge on any atom is -0.368 e. The van der Waals surface area contributed by atoms with Crippen molar-refractivity contribution in [1.82, 2.24) is 24.7 Å². The third-order valence-corrected chi connectivity index (χ3v) is 8.90. The number of piperidine rings is 1. The average Bonchev–Trinajstić information content (AvgIpc) is 3.21. The molecule has 1 atom stereocenters. The Hall–Kier alpha value is -1.28. The zero-order valence-corrected chi connectivity index (χ0v) is 20.9. The van der Waals surface area contributed by atoms with E-state index >= 15 is 0 Å². The van der Waals surface area contributed by atoms with Crippen molar-refractivity contribution < 1.29 is 0 Å². The zero-order chi connectivity index (χ0) is 21.9. The number of nitrogens with one attached hydrogen (secondary N) is 1. The van der Waals surface area contributed by atoms with Gasteiger partial charge in [-0.1, -0.05) is 13.3 Å². The van der Waals surface area contributed by atoms with Gasteiger partial charge in [0.25, 0.3) is 0 Å². The topological polar surface area (TPSA) is 47.5 Å². The average molecular weight is 457 g/mol. The maximum atomic E-state index is 5.13. The second-order valence-corrected chi connectivity index (χ2v) is 11.0. The van der Waals surface area contributed by atoms with Crippen molar-refractivity contribution in [2.75, 3.05) is 57.7 Å². The Balaban J connectivity index is 1.35. The summed E-state index contributed by atoms with van der Waals surface area (Å²) in [7, 11) is 0. The van der Waals surface area contributed by atoms with Gasteiger partial charge in [-0.2, -0.15) is 0 Å². The quantitative estimate of drug-likeness (QED) is 0.680. The highest BCUT2D eigenvalue weighted by atomic mass is 32.1. The molecule has 2 aromatic rings. The fraction of sp³-hybridized carbons (Fsp3) is 0.760. The molecule has 0 saturated carbocycles. The molecule has 32 heavy (non-hydrogen) atoms. The van der Waals surface area contributed by atoms with Gasteiger partial charge in [-0.15, -0.1) is 11.3 Å². The molecule has 0 radical (unpaired) electrons. The number of anilines is 1. The normalized spacial score (nSPS) is 22.2. The molecule has 2 aliphatic heterocycles. The second kappa shape index (κ2) is 10.3. The van der Waals surface area contributed by atoms with Crippen LogP contribution in [0.4, 0.5) is 5.82 Å². The minimum atomic E-state index is 0.513. The van der Waals surface area contributed by atoms with Gasteiger partial charge < -0.3 is 10.2 Å². The number of hydrogen-bond donors (Lipinski definition) is 1. The Morgan fingerprint density at radius 2 is 1.69 bits per heavy atom. The van der Waals surface area contributed by atoms with Crippen molar-refractivity contribution in [2.45, 2.75) is 71.4 Å². The predicted molar refractivity (Wildman–Crippen MR) is 135 cm³/mol. The van der Waals surface area contributed by atoms with E-state index in [2.05, 4.69) is 33.9 Å². The molecular formula is C25H40N6S. The first-order chi connectivity index (χ1) is 15.7. The van der Waals surface area contributed by atoms with Gasteiger partial charge in [-0.05, 0) is 70.6 Å². The van der Waals surface area contributed by atoms with Crippen molar-refractivity contribution in [2.24, 2.45) is 0 Å². The van der Waals surface area contributed by atoms with Gasteiger partial charge >= 0.3 is 0 Å². The van der Waals surface area contributed by atoms with Crippen LogP contribution in [0.2, 0.25) is 0 Å². The molecule has 2 fully saturated rings. The molecule has 3 aliphatic rings. The number of nitrogens with zero attached hydrogens (tertiary/aromatic N) is 5. The van der Waals surface area contributed by atoms with Gasteiger partial charge in [-0.25, -0.2) is 9.97 Å². The van der Waals surface area contributed by atoms with Crippen LogP contribution in [-0.4, -0.2) is 83.1 Å². The summed E-state index contributed by atoms with van der Waals surface area (Å²) in [6.45, 7) is 14.7. The number of aromatic nitrogens is 2. The lowest BCUT2D eigenvalue weighted by Gasteiger charge is -2.37. The molecule has 2 aromatic heterocycles. The summed E-state index contributed by atoms with van der Waals surface area (Å²) in [6.07, 6.45) is 9.00. The first kappa shape index (κ1) is 22.5. The summed E-state index contributed by atoms with van der Waals surface area (Å²) >= 11 is 1.93. The molecule has 1 unspecified atom stereocenters. The summed E-state index contributed by atoms with van der Waals surface area (Å²) < 4.78 is 0. The van der Waals surface area contributed by atoms with E-state index in [9.17, 15) is 0 Å². The van der Waals surface area contributed by atoms with E-state index in [1.807, 2.05) is 11.3 Å². The van der Waals surface area contributed by atoms with E-state index in [0.29, 0.717) is 6.04 Å². The van der Waals surface area contributed by atoms with Crippen LogP contribution in [0, 0.1) is 0 Å². The van der Waals surface area contributed by atoms with Crippen molar-refractivity contribution in [3.8, 4) is 0 Å². The highest BCUT2D eigenvalue weighted by molar-refractivity contribution is 7.19. The standard InChI is InChI=1S/C25H40N6S/c1-3-29-13-15-31(16-14-29)19(2)17-26-24-23-20-9-5-6-10-21(20)32-25(23)28-22(27-24)18-30-11-7-4-8-12-30/h19H,3-18H2,1-2H3,(H,26,27,28). The number of thiophene rings is 1. The lowest BCUT2D eigenvalue weighted by Crippen LogP contribution is -2.51. The molecule has 4 heterocycles. The molecule has 0 amide bonds. The number of fused-ring (bicyclic) bond motifs is 3. The summed E-state index contributed by atoms with van der Waals surface area (Å²) in [5.41, 5.74) is 1.53. The maximum Gasteiger partial charge on any atom is 0.146 e. The first-order valence-electron chi connectivity index (χ1n) is 12.9. The number of piperazine rings is 1. The van der Waals surface area contributed by atoms with E-state index in [0.717, 1.165) is 24.7 Å². The van der Waals surface area contributed by atoms with Crippen molar-refractivity contribution in [1.29, 1.82) is 0 Å². The number of aryl methyl sites for hydroxylation is 2. The lowest BCUT2D eigenvalue weighted by atomic mass is 9.97. The van der Waals surface area contributed by atoms with Crippen LogP contribution >= 0.6 is 11.3 Å². The number of rotatable bonds is 7. The van der Waals surface area contributed by atoms with Gasteiger partial charge in [0.1, 0.15) is 16.5 Å². The second-order valence-electron chi connectivity index (χ2n) is 9.92. The SMILES string of the molecule is CCN1CCN(C(C)CNc2nc(CN3CCCCC3)nc3sc4c(c23)CCCC4)CC1. The third-order valence-electron chi connectivity index (χ3n) is 7.72. The van der Waals surface area contributed by atoms with Crippen LogP contribution in [0.15, 0.2) is 0 Å². The Kier molecular flexibility index (Phi) is 7.26. The zero-order valence-electron chi connectivity index (χ0n) is 20.0. The fourth-order valence-electron chi connectivity index (χ4n) is 5.61. The number of likely N-dealkylation sites (N-methyl/N-ethyl adjacent to an activating group) is 1. The van der Waals surface area contributed by atoms with Gasteiger partial charge in [-0.3, -0.25) is 9.80 Å². The molecule has 2 saturated heterocycles. The first-order valence-corrected chi connectivity index (χ1v) is 13.8. The van der Waals surface area contributed by atoms with Crippen LogP contribution in [0.25, 0.3) is 10.2 Å². The molecule has 1 N–H and O–H groups in total. The predicted octanol–water partition coefficient (Wildman–Crippen LogP) is 3.99. The fourth-order valence-corrected chi connectivity index (χ4v) is 6.89. The molecule has 7 heteroatoms. The van der Waals surface area contributed by atoms with Crippen molar-refractivity contribution in [3.63, 3.8) is 0 Å². The Bertz CT molecular complexity index is 897. The van der Waals surface area contributed by atoms with E-state index in [4.69, 9.17) is 9.97 Å². The van der Waals surface area contributed by atoms with Crippen LogP contribution in [0.3, 0.4) is 0 Å². The highest BCUT2D eigenvalue weighted by Crippen LogP contribution is 2.38. The molecule has 1 aliphatic carbocycles. The van der Waals surface area contributed by atoms with Crippen molar-refractivity contribution >= 4 is 27.4 Å². The maximum absolute atomic E-state index is 5.13. The molecule has 6 nitrogen and oxygen atoms in total. The van der Waals surface area contributed by atoms with E-state index in [-0.39, 0.29) is 0 Å². The molecule has 5 rings (SSSR count). The molecule has 0 spiro atoms.